The summed E-state index contributed by atoms with van der Waals surface area (Å²) in [5.41, 5.74) is 1.30. The van der Waals surface area contributed by atoms with Gasteiger partial charge in [0.25, 0.3) is 0 Å². The fraction of sp³-hybridized carbons (Fsp3) is 0.667. The Labute approximate surface area is 123 Å². The molecule has 1 aliphatic rings. The van der Waals surface area contributed by atoms with Crippen LogP contribution in [0.4, 0.5) is 0 Å². The van der Waals surface area contributed by atoms with Gasteiger partial charge in [0, 0.05) is 13.2 Å². The second kappa shape index (κ2) is 8.43. The lowest BCUT2D eigenvalue weighted by Crippen LogP contribution is -2.43. The molecule has 0 spiro atoms. The fourth-order valence-corrected chi connectivity index (χ4v) is 3.46. The normalized spacial score (nSPS) is 19.7. The molecular formula is C18H29NO. The molecular weight excluding hydrogens is 246 g/mol. The van der Waals surface area contributed by atoms with Gasteiger partial charge >= 0.3 is 0 Å². The Morgan fingerprint density at radius 2 is 1.85 bits per heavy atom. The van der Waals surface area contributed by atoms with E-state index in [0.717, 1.165) is 12.5 Å². The average molecular weight is 275 g/mol. The van der Waals surface area contributed by atoms with Gasteiger partial charge in [-0.05, 0) is 37.3 Å². The van der Waals surface area contributed by atoms with Gasteiger partial charge in [-0.3, -0.25) is 0 Å². The van der Waals surface area contributed by atoms with E-state index in [0.29, 0.717) is 6.04 Å². The molecule has 0 radical (unpaired) electrons. The first-order chi connectivity index (χ1) is 9.86. The van der Waals surface area contributed by atoms with Crippen LogP contribution in [0.5, 0.6) is 0 Å². The van der Waals surface area contributed by atoms with Crippen LogP contribution >= 0.6 is 0 Å². The van der Waals surface area contributed by atoms with E-state index in [1.165, 1.54) is 44.1 Å². The monoisotopic (exact) mass is 275 g/mol. The third-order valence-electron chi connectivity index (χ3n) is 4.50. The van der Waals surface area contributed by atoms with Gasteiger partial charge in [-0.2, -0.15) is 0 Å². The van der Waals surface area contributed by atoms with Crippen LogP contribution in [0, 0.1) is 5.92 Å². The van der Waals surface area contributed by atoms with Crippen molar-refractivity contribution in [1.29, 1.82) is 0 Å². The molecule has 112 valence electrons. The van der Waals surface area contributed by atoms with Gasteiger partial charge in [-0.15, -0.1) is 0 Å². The van der Waals surface area contributed by atoms with Gasteiger partial charge in [-0.1, -0.05) is 56.5 Å². The lowest BCUT2D eigenvalue weighted by molar-refractivity contribution is 0.0382. The zero-order valence-electron chi connectivity index (χ0n) is 13.0. The molecule has 1 saturated carbocycles. The minimum Gasteiger partial charge on any atom is -0.375 e. The van der Waals surface area contributed by atoms with Crippen molar-refractivity contribution in [2.24, 2.45) is 5.92 Å². The Bertz CT molecular complexity index is 359. The second-order valence-electron chi connectivity index (χ2n) is 5.94. The molecule has 0 heterocycles. The number of nitrogens with one attached hydrogen (secondary N) is 1. The van der Waals surface area contributed by atoms with Gasteiger partial charge in [0.1, 0.15) is 0 Å². The molecule has 0 amide bonds. The van der Waals surface area contributed by atoms with Crippen molar-refractivity contribution >= 4 is 0 Å². The van der Waals surface area contributed by atoms with E-state index in [1.807, 2.05) is 7.11 Å². The summed E-state index contributed by atoms with van der Waals surface area (Å²) in [6.45, 7) is 3.31. The summed E-state index contributed by atoms with van der Waals surface area (Å²) in [7, 11) is 1.85. The topological polar surface area (TPSA) is 21.3 Å². The molecule has 0 aromatic heterocycles. The van der Waals surface area contributed by atoms with E-state index < -0.39 is 0 Å². The molecule has 20 heavy (non-hydrogen) atoms. The summed E-state index contributed by atoms with van der Waals surface area (Å²) < 4.78 is 5.89. The van der Waals surface area contributed by atoms with Gasteiger partial charge in [0.05, 0.1) is 6.10 Å². The highest BCUT2D eigenvalue weighted by Crippen LogP contribution is 2.33. The largest absolute Gasteiger partial charge is 0.375 e. The van der Waals surface area contributed by atoms with Crippen LogP contribution in [0.1, 0.15) is 57.1 Å². The summed E-state index contributed by atoms with van der Waals surface area (Å²) >= 11 is 0. The third kappa shape index (κ3) is 4.07. The molecule has 2 nitrogen and oxygen atoms in total. The summed E-state index contributed by atoms with van der Waals surface area (Å²) in [5, 5.41) is 3.76. The summed E-state index contributed by atoms with van der Waals surface area (Å²) in [4.78, 5) is 0. The van der Waals surface area contributed by atoms with Gasteiger partial charge in [0.2, 0.25) is 0 Å². The van der Waals surface area contributed by atoms with Crippen LogP contribution in [-0.4, -0.2) is 19.7 Å². The molecule has 2 rings (SSSR count). The number of hydrogen-bond acceptors (Lipinski definition) is 2. The van der Waals surface area contributed by atoms with E-state index >= 15 is 0 Å². The van der Waals surface area contributed by atoms with Gasteiger partial charge in [-0.25, -0.2) is 0 Å². The van der Waals surface area contributed by atoms with E-state index in [4.69, 9.17) is 4.74 Å². The van der Waals surface area contributed by atoms with Crippen molar-refractivity contribution in [2.45, 2.75) is 57.6 Å². The molecule has 2 unspecified atom stereocenters. The molecule has 1 fully saturated rings. The molecule has 1 aromatic carbocycles. The Kier molecular flexibility index (Phi) is 6.55. The Morgan fingerprint density at radius 3 is 2.45 bits per heavy atom. The molecule has 2 heteroatoms. The lowest BCUT2D eigenvalue weighted by Gasteiger charge is -2.36. The Hall–Kier alpha value is -0.860. The zero-order valence-corrected chi connectivity index (χ0v) is 13.0. The number of rotatable bonds is 7. The highest BCUT2D eigenvalue weighted by Gasteiger charge is 2.31. The first-order valence-electron chi connectivity index (χ1n) is 8.18. The fourth-order valence-electron chi connectivity index (χ4n) is 3.46. The molecule has 1 aromatic rings. The maximum Gasteiger partial charge on any atom is 0.0976 e. The zero-order chi connectivity index (χ0) is 14.2. The highest BCUT2D eigenvalue weighted by atomic mass is 16.5. The molecule has 0 bridgehead atoms. The predicted molar refractivity (Wildman–Crippen MR) is 84.8 cm³/mol. The lowest BCUT2D eigenvalue weighted by atomic mass is 9.80. The van der Waals surface area contributed by atoms with Crippen molar-refractivity contribution in [1.82, 2.24) is 5.32 Å². The number of hydrogen-bond donors (Lipinski definition) is 1. The molecule has 2 atom stereocenters. The van der Waals surface area contributed by atoms with E-state index in [2.05, 4.69) is 42.6 Å². The van der Waals surface area contributed by atoms with Crippen LogP contribution in [0.3, 0.4) is 0 Å². The number of methoxy groups -OCH3 is 1. The van der Waals surface area contributed by atoms with Crippen molar-refractivity contribution in [2.75, 3.05) is 13.7 Å². The van der Waals surface area contributed by atoms with Crippen LogP contribution in [0.25, 0.3) is 0 Å². The minimum atomic E-state index is 0.172. The van der Waals surface area contributed by atoms with Crippen molar-refractivity contribution in [3.8, 4) is 0 Å². The van der Waals surface area contributed by atoms with Gasteiger partial charge < -0.3 is 10.1 Å². The Morgan fingerprint density at radius 1 is 1.15 bits per heavy atom. The standard InChI is InChI=1S/C18H29NO/c1-3-14-19-17(15-10-6-4-7-11-15)18(20-2)16-12-8-5-9-13-16/h5,8-9,12-13,15,17-19H,3-4,6-7,10-11,14H2,1-2H3. The number of benzene rings is 1. The van der Waals surface area contributed by atoms with E-state index in [-0.39, 0.29) is 6.10 Å². The first kappa shape index (κ1) is 15.5. The average Bonchev–Trinajstić information content (AvgIpc) is 2.53. The van der Waals surface area contributed by atoms with Crippen LogP contribution in [-0.2, 0) is 4.74 Å². The smallest absolute Gasteiger partial charge is 0.0976 e. The molecule has 1 N–H and O–H groups in total. The van der Waals surface area contributed by atoms with Crippen molar-refractivity contribution in [3.05, 3.63) is 35.9 Å². The summed E-state index contributed by atoms with van der Waals surface area (Å²) in [6, 6.07) is 11.1. The SMILES string of the molecule is CCCNC(C1CCCCC1)C(OC)c1ccccc1. The van der Waals surface area contributed by atoms with Crippen molar-refractivity contribution in [3.63, 3.8) is 0 Å². The van der Waals surface area contributed by atoms with Gasteiger partial charge in [0.15, 0.2) is 0 Å². The summed E-state index contributed by atoms with van der Waals surface area (Å²) in [5.74, 6) is 0.750. The maximum atomic E-state index is 5.89. The molecule has 0 aliphatic heterocycles. The molecule has 0 saturated heterocycles. The van der Waals surface area contributed by atoms with Crippen LogP contribution < -0.4 is 5.32 Å². The maximum absolute atomic E-state index is 5.89. The summed E-state index contributed by atoms with van der Waals surface area (Å²) in [6.07, 6.45) is 8.18. The highest BCUT2D eigenvalue weighted by molar-refractivity contribution is 5.19. The third-order valence-corrected chi connectivity index (χ3v) is 4.50. The number of ether oxygens (including phenoxy) is 1. The quantitative estimate of drug-likeness (QED) is 0.800. The Balaban J connectivity index is 2.14. The first-order valence-corrected chi connectivity index (χ1v) is 8.18. The van der Waals surface area contributed by atoms with Crippen LogP contribution in [0.2, 0.25) is 0 Å². The minimum absolute atomic E-state index is 0.172. The van der Waals surface area contributed by atoms with Crippen LogP contribution in [0.15, 0.2) is 30.3 Å². The van der Waals surface area contributed by atoms with Crippen molar-refractivity contribution < 1.29 is 4.74 Å². The van der Waals surface area contributed by atoms with E-state index in [1.54, 1.807) is 0 Å². The predicted octanol–water partition coefficient (Wildman–Crippen LogP) is 4.32. The molecule has 1 aliphatic carbocycles. The second-order valence-corrected chi connectivity index (χ2v) is 5.94. The van der Waals surface area contributed by atoms with E-state index in [9.17, 15) is 0 Å².